The zero-order valence-electron chi connectivity index (χ0n) is 19.2. The van der Waals surface area contributed by atoms with E-state index in [-0.39, 0.29) is 16.8 Å². The van der Waals surface area contributed by atoms with Gasteiger partial charge in [-0.3, -0.25) is 9.13 Å². The molecule has 13 nitrogen and oxygen atoms in total. The Morgan fingerprint density at radius 2 is 1.95 bits per heavy atom. The zero-order valence-corrected chi connectivity index (χ0v) is 21.7. The molecule has 0 bridgehead atoms. The van der Waals surface area contributed by atoms with Crippen molar-refractivity contribution >= 4 is 43.5 Å². The molecular weight excluding hydrogens is 550 g/mol. The molecular formula is C21H25ClN4O9P2. The summed E-state index contributed by atoms with van der Waals surface area (Å²) in [5, 5.41) is 29.6. The Labute approximate surface area is 215 Å². The minimum atomic E-state index is -4.83. The number of aliphatic hydroxyl groups excluding tert-OH is 2. The predicted molar refractivity (Wildman–Crippen MR) is 132 cm³/mol. The molecule has 3 heterocycles. The minimum absolute atomic E-state index is 0.0557. The lowest BCUT2D eigenvalue weighted by atomic mass is 10.1. The number of aliphatic hydroxyl groups is 2. The van der Waals surface area contributed by atoms with E-state index in [0.717, 1.165) is 12.8 Å². The van der Waals surface area contributed by atoms with Crippen molar-refractivity contribution in [1.82, 2.24) is 14.8 Å². The van der Waals surface area contributed by atoms with Crippen LogP contribution in [0.3, 0.4) is 0 Å². The van der Waals surface area contributed by atoms with E-state index in [1.54, 1.807) is 6.07 Å². The first-order valence-corrected chi connectivity index (χ1v) is 15.3. The van der Waals surface area contributed by atoms with Gasteiger partial charge in [0.15, 0.2) is 17.8 Å². The van der Waals surface area contributed by atoms with E-state index in [9.17, 15) is 24.2 Å². The summed E-state index contributed by atoms with van der Waals surface area (Å²) in [5.74, 6) is -1.39. The van der Waals surface area contributed by atoms with Crippen LogP contribution in [0.4, 0.5) is 5.69 Å². The molecule has 0 spiro atoms. The summed E-state index contributed by atoms with van der Waals surface area (Å²) in [6.07, 6.45) is -2.25. The Bertz CT molecular complexity index is 1420. The maximum absolute atomic E-state index is 11.9. The third-order valence-electron chi connectivity index (χ3n) is 6.38. The van der Waals surface area contributed by atoms with Crippen LogP contribution in [0.2, 0.25) is 5.15 Å². The number of anilines is 1. The van der Waals surface area contributed by atoms with Gasteiger partial charge < -0.3 is 39.5 Å². The first kappa shape index (κ1) is 26.7. The summed E-state index contributed by atoms with van der Waals surface area (Å²) in [7, 11) is -9.50. The zero-order chi connectivity index (χ0) is 26.5. The summed E-state index contributed by atoms with van der Waals surface area (Å²) in [6.45, 7) is -0.705. The number of hydrogen-bond acceptors (Lipinski definition) is 9. The molecule has 6 atom stereocenters. The maximum atomic E-state index is 11.9. The van der Waals surface area contributed by atoms with E-state index in [2.05, 4.69) is 27.5 Å². The SMILES string of the molecule is O=P(O)(O)CP(=O)(O)OC[C@H]1O[C@@H](n2ncc3c(N[C@@H]4CCc5ccccc54)cc(Cl)nc32)C(O)[C@H]1O. The van der Waals surface area contributed by atoms with Gasteiger partial charge in [-0.15, -0.1) is 0 Å². The van der Waals surface area contributed by atoms with Crippen molar-refractivity contribution in [2.24, 2.45) is 0 Å². The lowest BCUT2D eigenvalue weighted by Gasteiger charge is -2.18. The van der Waals surface area contributed by atoms with E-state index < -0.39 is 52.2 Å². The molecule has 5 rings (SSSR count). The fraction of sp³-hybridized carbons (Fsp3) is 0.429. The van der Waals surface area contributed by atoms with Crippen molar-refractivity contribution in [3.05, 3.63) is 52.8 Å². The first-order chi connectivity index (χ1) is 17.4. The normalized spacial score (nSPS) is 27.4. The van der Waals surface area contributed by atoms with Crippen LogP contribution < -0.4 is 5.32 Å². The van der Waals surface area contributed by atoms with Crippen LogP contribution in [0.5, 0.6) is 0 Å². The molecule has 2 aromatic heterocycles. The third-order valence-corrected chi connectivity index (χ3v) is 10.0. The lowest BCUT2D eigenvalue weighted by Crippen LogP contribution is -2.33. The number of nitrogens with zero attached hydrogens (tertiary/aromatic N) is 3. The fourth-order valence-corrected chi connectivity index (χ4v) is 7.48. The van der Waals surface area contributed by atoms with Crippen molar-refractivity contribution in [1.29, 1.82) is 0 Å². The van der Waals surface area contributed by atoms with Crippen LogP contribution >= 0.6 is 26.8 Å². The van der Waals surface area contributed by atoms with Crippen LogP contribution in [0.25, 0.3) is 11.0 Å². The Balaban J connectivity index is 1.37. The highest BCUT2D eigenvalue weighted by atomic mass is 35.5. The molecule has 37 heavy (non-hydrogen) atoms. The van der Waals surface area contributed by atoms with Gasteiger partial charge in [-0.1, -0.05) is 35.9 Å². The quantitative estimate of drug-likeness (QED) is 0.170. The van der Waals surface area contributed by atoms with Gasteiger partial charge in [-0.2, -0.15) is 5.10 Å². The Hall–Kier alpha value is -1.89. The molecule has 1 saturated heterocycles. The highest BCUT2D eigenvalue weighted by molar-refractivity contribution is 7.70. The maximum Gasteiger partial charge on any atom is 0.340 e. The highest BCUT2D eigenvalue weighted by Crippen LogP contribution is 2.55. The van der Waals surface area contributed by atoms with E-state index in [0.29, 0.717) is 11.1 Å². The van der Waals surface area contributed by atoms with Gasteiger partial charge in [0, 0.05) is 0 Å². The number of rotatable bonds is 8. The second-order valence-corrected chi connectivity index (χ2v) is 13.4. The van der Waals surface area contributed by atoms with Crippen LogP contribution in [0.15, 0.2) is 36.5 Å². The second kappa shape index (κ2) is 10.0. The molecule has 6 N–H and O–H groups in total. The first-order valence-electron chi connectivity index (χ1n) is 11.3. The van der Waals surface area contributed by atoms with Gasteiger partial charge in [0.25, 0.3) is 0 Å². The lowest BCUT2D eigenvalue weighted by molar-refractivity contribution is -0.0541. The van der Waals surface area contributed by atoms with E-state index >= 15 is 0 Å². The Kier molecular flexibility index (Phi) is 7.23. The molecule has 1 aliphatic heterocycles. The summed E-state index contributed by atoms with van der Waals surface area (Å²) in [6, 6.07) is 9.88. The van der Waals surface area contributed by atoms with Crippen LogP contribution in [-0.2, 0) is 24.8 Å². The number of benzene rings is 1. The van der Waals surface area contributed by atoms with Crippen molar-refractivity contribution in [3.63, 3.8) is 0 Å². The summed E-state index contributed by atoms with van der Waals surface area (Å²) in [5.41, 5.74) is 3.41. The van der Waals surface area contributed by atoms with Crippen LogP contribution in [0.1, 0.15) is 29.8 Å². The average Bonchev–Trinajstić information content (AvgIpc) is 3.48. The molecule has 2 aliphatic rings. The summed E-state index contributed by atoms with van der Waals surface area (Å²) < 4.78 is 34.7. The average molecular weight is 575 g/mol. The number of hydrogen-bond donors (Lipinski definition) is 6. The van der Waals surface area contributed by atoms with Crippen LogP contribution in [-0.4, -0.2) is 70.5 Å². The fourth-order valence-electron chi connectivity index (χ4n) is 4.72. The topological polar surface area (TPSA) is 196 Å². The van der Waals surface area contributed by atoms with Gasteiger partial charge in [-0.25, -0.2) is 9.67 Å². The number of ether oxygens (including phenoxy) is 1. The van der Waals surface area contributed by atoms with Gasteiger partial charge >= 0.3 is 15.2 Å². The molecule has 0 radical (unpaired) electrons. The minimum Gasteiger partial charge on any atom is -0.387 e. The molecule has 16 heteroatoms. The number of nitrogens with one attached hydrogen (secondary N) is 1. The molecule has 3 aromatic rings. The largest absolute Gasteiger partial charge is 0.387 e. The van der Waals surface area contributed by atoms with Crippen molar-refractivity contribution < 1.29 is 43.3 Å². The van der Waals surface area contributed by atoms with E-state index in [1.165, 1.54) is 22.0 Å². The van der Waals surface area contributed by atoms with Crippen molar-refractivity contribution in [2.45, 2.75) is 43.4 Å². The Morgan fingerprint density at radius 3 is 2.70 bits per heavy atom. The second-order valence-electron chi connectivity index (χ2n) is 9.04. The number of aromatic nitrogens is 3. The van der Waals surface area contributed by atoms with Gasteiger partial charge in [0.2, 0.25) is 0 Å². The number of fused-ring (bicyclic) bond motifs is 2. The van der Waals surface area contributed by atoms with E-state index in [4.69, 9.17) is 30.6 Å². The highest BCUT2D eigenvalue weighted by Gasteiger charge is 2.46. The summed E-state index contributed by atoms with van der Waals surface area (Å²) >= 11 is 6.30. The molecule has 0 saturated carbocycles. The van der Waals surface area contributed by atoms with Crippen molar-refractivity contribution in [3.8, 4) is 0 Å². The molecule has 1 aliphatic carbocycles. The van der Waals surface area contributed by atoms with Crippen molar-refractivity contribution in [2.75, 3.05) is 17.8 Å². The summed E-state index contributed by atoms with van der Waals surface area (Å²) in [4.78, 5) is 31.9. The molecule has 1 fully saturated rings. The van der Waals surface area contributed by atoms with Crippen LogP contribution in [0, 0.1) is 0 Å². The standard InChI is InChI=1S/C21H25ClN4O9P2/c22-17-7-15(24-14-6-5-11-3-1-2-4-12(11)14)13-8-23-26(20(13)25-17)21-19(28)18(27)16(35-21)9-34-37(32,33)10-36(29,30)31/h1-4,7-8,14,16,18-19,21,27-28H,5-6,9-10H2,(H,24,25)(H,32,33)(H2,29,30,31)/t14-,16-,18+,19?,21-/m1/s1. The monoisotopic (exact) mass is 574 g/mol. The molecule has 200 valence electrons. The number of pyridine rings is 1. The number of aryl methyl sites for hydroxylation is 1. The predicted octanol–water partition coefficient (Wildman–Crippen LogP) is 2.14. The Morgan fingerprint density at radius 1 is 1.19 bits per heavy atom. The number of halogens is 1. The third kappa shape index (κ3) is 5.62. The van der Waals surface area contributed by atoms with Gasteiger partial charge in [0.05, 0.1) is 29.9 Å². The van der Waals surface area contributed by atoms with E-state index in [1.807, 2.05) is 12.1 Å². The molecule has 0 amide bonds. The van der Waals surface area contributed by atoms with Gasteiger partial charge in [0.1, 0.15) is 23.5 Å². The smallest absolute Gasteiger partial charge is 0.340 e. The molecule has 1 aromatic carbocycles. The molecule has 2 unspecified atom stereocenters. The van der Waals surface area contributed by atoms with Gasteiger partial charge in [-0.05, 0) is 30.0 Å².